The van der Waals surface area contributed by atoms with Crippen molar-refractivity contribution in [1.82, 2.24) is 5.32 Å². The lowest BCUT2D eigenvalue weighted by atomic mass is 10.1. The zero-order valence-electron chi connectivity index (χ0n) is 11.0. The van der Waals surface area contributed by atoms with Gasteiger partial charge >= 0.3 is 0 Å². The summed E-state index contributed by atoms with van der Waals surface area (Å²) in [5.41, 5.74) is 2.93. The minimum absolute atomic E-state index is 0.0314. The van der Waals surface area contributed by atoms with E-state index in [0.29, 0.717) is 5.56 Å². The number of thiol groups is 1. The maximum Gasteiger partial charge on any atom is 0.251 e. The standard InChI is InChI=1S/C15H17NOS2/c1-10-3-4-13(18)8-14(10)15(17)16-11(2)7-12-5-6-19-9-12/h3-6,8-9,11,18H,7H2,1-2H3,(H,16,17). The van der Waals surface area contributed by atoms with Crippen molar-refractivity contribution in [2.45, 2.75) is 31.2 Å². The quantitative estimate of drug-likeness (QED) is 0.826. The second kappa shape index (κ2) is 6.26. The highest BCUT2D eigenvalue weighted by Gasteiger charge is 2.12. The fraction of sp³-hybridized carbons (Fsp3) is 0.267. The third-order valence-corrected chi connectivity index (χ3v) is 3.98. The molecular formula is C15H17NOS2. The molecule has 4 heteroatoms. The molecule has 1 N–H and O–H groups in total. The molecule has 0 aliphatic rings. The Bertz CT molecular complexity index is 564. The van der Waals surface area contributed by atoms with Crippen LogP contribution in [0, 0.1) is 6.92 Å². The Morgan fingerprint density at radius 2 is 2.21 bits per heavy atom. The molecule has 1 aromatic carbocycles. The fourth-order valence-corrected chi connectivity index (χ4v) is 2.85. The van der Waals surface area contributed by atoms with Crippen LogP contribution in [0.25, 0.3) is 0 Å². The Morgan fingerprint density at radius 1 is 1.42 bits per heavy atom. The van der Waals surface area contributed by atoms with E-state index in [1.54, 1.807) is 11.3 Å². The van der Waals surface area contributed by atoms with Crippen LogP contribution >= 0.6 is 24.0 Å². The average Bonchev–Trinajstić information content (AvgIpc) is 2.84. The summed E-state index contributed by atoms with van der Waals surface area (Å²) in [4.78, 5) is 13.0. The van der Waals surface area contributed by atoms with Crippen molar-refractivity contribution in [3.63, 3.8) is 0 Å². The van der Waals surface area contributed by atoms with E-state index in [9.17, 15) is 4.79 Å². The first kappa shape index (κ1) is 14.2. The molecule has 1 amide bonds. The molecule has 1 aromatic heterocycles. The number of hydrogen-bond donors (Lipinski definition) is 2. The Labute approximate surface area is 123 Å². The Morgan fingerprint density at radius 3 is 2.89 bits per heavy atom. The molecule has 19 heavy (non-hydrogen) atoms. The number of thiophene rings is 1. The van der Waals surface area contributed by atoms with Gasteiger partial charge in [-0.05, 0) is 60.4 Å². The largest absolute Gasteiger partial charge is 0.349 e. The van der Waals surface area contributed by atoms with Crippen LogP contribution in [0.3, 0.4) is 0 Å². The second-order valence-electron chi connectivity index (χ2n) is 4.71. The van der Waals surface area contributed by atoms with E-state index in [1.165, 1.54) is 5.56 Å². The highest BCUT2D eigenvalue weighted by molar-refractivity contribution is 7.80. The van der Waals surface area contributed by atoms with Crippen LogP contribution in [0.2, 0.25) is 0 Å². The molecule has 0 saturated heterocycles. The monoisotopic (exact) mass is 291 g/mol. The van der Waals surface area contributed by atoms with Crippen molar-refractivity contribution >= 4 is 29.9 Å². The predicted molar refractivity (Wildman–Crippen MR) is 83.4 cm³/mol. The first-order valence-electron chi connectivity index (χ1n) is 6.18. The molecule has 2 nitrogen and oxygen atoms in total. The number of rotatable bonds is 4. The SMILES string of the molecule is Cc1ccc(S)cc1C(=O)NC(C)Cc1ccsc1. The molecule has 1 heterocycles. The minimum atomic E-state index is -0.0314. The van der Waals surface area contributed by atoms with Crippen molar-refractivity contribution in [3.05, 3.63) is 51.7 Å². The van der Waals surface area contributed by atoms with E-state index >= 15 is 0 Å². The summed E-state index contributed by atoms with van der Waals surface area (Å²) in [6.45, 7) is 3.96. The van der Waals surface area contributed by atoms with E-state index in [2.05, 4.69) is 34.8 Å². The van der Waals surface area contributed by atoms with Gasteiger partial charge in [-0.3, -0.25) is 4.79 Å². The lowest BCUT2D eigenvalue weighted by molar-refractivity contribution is 0.0939. The summed E-state index contributed by atoms with van der Waals surface area (Å²) < 4.78 is 0. The summed E-state index contributed by atoms with van der Waals surface area (Å²) >= 11 is 5.96. The molecule has 0 fully saturated rings. The van der Waals surface area contributed by atoms with Crippen molar-refractivity contribution in [3.8, 4) is 0 Å². The van der Waals surface area contributed by atoms with Gasteiger partial charge in [0.25, 0.3) is 5.91 Å². The summed E-state index contributed by atoms with van der Waals surface area (Å²) in [6.07, 6.45) is 0.856. The summed E-state index contributed by atoms with van der Waals surface area (Å²) in [6, 6.07) is 7.83. The molecule has 0 saturated carbocycles. The molecule has 2 aromatic rings. The molecule has 100 valence electrons. The summed E-state index contributed by atoms with van der Waals surface area (Å²) in [5.74, 6) is -0.0314. The number of nitrogens with one attached hydrogen (secondary N) is 1. The zero-order valence-corrected chi connectivity index (χ0v) is 12.7. The van der Waals surface area contributed by atoms with Crippen LogP contribution in [0.4, 0.5) is 0 Å². The van der Waals surface area contributed by atoms with Crippen molar-refractivity contribution in [1.29, 1.82) is 0 Å². The van der Waals surface area contributed by atoms with E-state index in [4.69, 9.17) is 0 Å². The first-order valence-corrected chi connectivity index (χ1v) is 7.57. The van der Waals surface area contributed by atoms with Crippen LogP contribution in [0.1, 0.15) is 28.4 Å². The highest BCUT2D eigenvalue weighted by Crippen LogP contribution is 2.15. The van der Waals surface area contributed by atoms with Crippen molar-refractivity contribution in [2.24, 2.45) is 0 Å². The molecule has 0 radical (unpaired) electrons. The predicted octanol–water partition coefficient (Wildman–Crippen LogP) is 3.71. The van der Waals surface area contributed by atoms with Crippen molar-refractivity contribution < 1.29 is 4.79 Å². The maximum atomic E-state index is 12.2. The smallest absolute Gasteiger partial charge is 0.251 e. The average molecular weight is 291 g/mol. The number of amides is 1. The third kappa shape index (κ3) is 3.85. The van der Waals surface area contributed by atoms with Crippen LogP contribution in [-0.2, 0) is 6.42 Å². The minimum Gasteiger partial charge on any atom is -0.349 e. The second-order valence-corrected chi connectivity index (χ2v) is 6.01. The molecule has 2 rings (SSSR count). The topological polar surface area (TPSA) is 29.1 Å². The summed E-state index contributed by atoms with van der Waals surface area (Å²) in [5, 5.41) is 7.20. The molecule has 0 aliphatic heterocycles. The molecule has 0 spiro atoms. The highest BCUT2D eigenvalue weighted by atomic mass is 32.1. The lowest BCUT2D eigenvalue weighted by Gasteiger charge is -2.14. The number of hydrogen-bond acceptors (Lipinski definition) is 3. The van der Waals surface area contributed by atoms with Crippen LogP contribution in [-0.4, -0.2) is 11.9 Å². The van der Waals surface area contributed by atoms with Gasteiger partial charge in [0.15, 0.2) is 0 Å². The van der Waals surface area contributed by atoms with E-state index in [1.807, 2.05) is 32.0 Å². The number of carbonyl (C=O) groups is 1. The van der Waals surface area contributed by atoms with Crippen LogP contribution in [0.15, 0.2) is 39.9 Å². The van der Waals surface area contributed by atoms with E-state index in [0.717, 1.165) is 16.9 Å². The van der Waals surface area contributed by atoms with Gasteiger partial charge < -0.3 is 5.32 Å². The van der Waals surface area contributed by atoms with Gasteiger partial charge in [-0.2, -0.15) is 11.3 Å². The molecule has 1 atom stereocenters. The number of carbonyl (C=O) groups excluding carboxylic acids is 1. The van der Waals surface area contributed by atoms with Gasteiger partial charge in [0.1, 0.15) is 0 Å². The van der Waals surface area contributed by atoms with Gasteiger partial charge in [-0.1, -0.05) is 6.07 Å². The van der Waals surface area contributed by atoms with Gasteiger partial charge in [0.2, 0.25) is 0 Å². The Hall–Kier alpha value is -1.26. The maximum absolute atomic E-state index is 12.2. The zero-order chi connectivity index (χ0) is 13.8. The van der Waals surface area contributed by atoms with Gasteiger partial charge in [-0.15, -0.1) is 12.6 Å². The molecule has 0 aliphatic carbocycles. The van der Waals surface area contributed by atoms with Gasteiger partial charge in [0.05, 0.1) is 0 Å². The molecule has 0 bridgehead atoms. The van der Waals surface area contributed by atoms with Gasteiger partial charge in [-0.25, -0.2) is 0 Å². The lowest BCUT2D eigenvalue weighted by Crippen LogP contribution is -2.34. The fourth-order valence-electron chi connectivity index (χ4n) is 1.97. The van der Waals surface area contributed by atoms with E-state index < -0.39 is 0 Å². The van der Waals surface area contributed by atoms with Gasteiger partial charge in [0, 0.05) is 16.5 Å². The summed E-state index contributed by atoms with van der Waals surface area (Å²) in [7, 11) is 0. The van der Waals surface area contributed by atoms with Crippen LogP contribution < -0.4 is 5.32 Å². The number of aryl methyl sites for hydroxylation is 1. The Kier molecular flexibility index (Phi) is 4.66. The third-order valence-electron chi connectivity index (χ3n) is 2.97. The molecular weight excluding hydrogens is 274 g/mol. The first-order chi connectivity index (χ1) is 9.06. The van der Waals surface area contributed by atoms with Crippen LogP contribution in [0.5, 0.6) is 0 Å². The number of benzene rings is 1. The molecule has 1 unspecified atom stereocenters. The Balaban J connectivity index is 2.02. The van der Waals surface area contributed by atoms with E-state index in [-0.39, 0.29) is 11.9 Å². The van der Waals surface area contributed by atoms with Crippen molar-refractivity contribution in [2.75, 3.05) is 0 Å². The normalized spacial score (nSPS) is 12.2.